The van der Waals surface area contributed by atoms with Gasteiger partial charge in [-0.15, -0.1) is 0 Å². The molecule has 4 saturated carbocycles. The van der Waals surface area contributed by atoms with Crippen molar-refractivity contribution < 1.29 is 15.3 Å². The van der Waals surface area contributed by atoms with Crippen molar-refractivity contribution in [3.8, 4) is 0 Å². The molecule has 0 aromatic carbocycles. The maximum atomic E-state index is 10.5. The van der Waals surface area contributed by atoms with E-state index in [-0.39, 0.29) is 11.5 Å². The van der Waals surface area contributed by atoms with E-state index in [0.29, 0.717) is 23.2 Å². The average molecular weight is 308 g/mol. The number of aliphatic hydroxyl groups is 3. The highest BCUT2D eigenvalue weighted by Crippen LogP contribution is 2.66. The van der Waals surface area contributed by atoms with Crippen LogP contribution in [0.15, 0.2) is 0 Å². The lowest BCUT2D eigenvalue weighted by Crippen LogP contribution is -2.54. The average Bonchev–Trinajstić information content (AvgIpc) is 2.72. The Morgan fingerprint density at radius 1 is 0.773 bits per heavy atom. The molecule has 0 heterocycles. The number of hydrogen-bond acceptors (Lipinski definition) is 3. The van der Waals surface area contributed by atoms with Gasteiger partial charge in [0, 0.05) is 0 Å². The minimum atomic E-state index is -0.530. The molecule has 126 valence electrons. The van der Waals surface area contributed by atoms with Crippen LogP contribution >= 0.6 is 0 Å². The molecule has 3 unspecified atom stereocenters. The van der Waals surface area contributed by atoms with Crippen molar-refractivity contribution in [1.29, 1.82) is 0 Å². The molecule has 3 N–H and O–H groups in total. The highest BCUT2D eigenvalue weighted by molar-refractivity contribution is 5.11. The third kappa shape index (κ3) is 1.91. The summed E-state index contributed by atoms with van der Waals surface area (Å²) in [5.41, 5.74) is 0.305. The third-order valence-electron chi connectivity index (χ3n) is 8.61. The Morgan fingerprint density at radius 2 is 1.50 bits per heavy atom. The van der Waals surface area contributed by atoms with Crippen LogP contribution in [0.3, 0.4) is 0 Å². The first-order valence-corrected chi connectivity index (χ1v) is 9.40. The van der Waals surface area contributed by atoms with Crippen molar-refractivity contribution in [2.45, 2.75) is 83.5 Å². The summed E-state index contributed by atoms with van der Waals surface area (Å²) in [5.74, 6) is 2.57. The molecule has 0 amide bonds. The van der Waals surface area contributed by atoms with Gasteiger partial charge in [-0.25, -0.2) is 0 Å². The zero-order chi connectivity index (χ0) is 15.7. The number of aliphatic hydroxyl groups excluding tert-OH is 3. The van der Waals surface area contributed by atoms with E-state index in [4.69, 9.17) is 0 Å². The lowest BCUT2D eigenvalue weighted by Gasteiger charge is -2.60. The van der Waals surface area contributed by atoms with Gasteiger partial charge >= 0.3 is 0 Å². The van der Waals surface area contributed by atoms with Crippen molar-refractivity contribution >= 4 is 0 Å². The van der Waals surface area contributed by atoms with Gasteiger partial charge in [0.15, 0.2) is 0 Å². The number of fused-ring (bicyclic) bond motifs is 5. The van der Waals surface area contributed by atoms with Crippen LogP contribution in [0, 0.1) is 34.5 Å². The molecule has 22 heavy (non-hydrogen) atoms. The zero-order valence-corrected chi connectivity index (χ0v) is 14.0. The van der Waals surface area contributed by atoms with Gasteiger partial charge in [-0.1, -0.05) is 13.8 Å². The third-order valence-corrected chi connectivity index (χ3v) is 8.61. The molecule has 0 aliphatic heterocycles. The predicted octanol–water partition coefficient (Wildman–Crippen LogP) is 2.72. The fraction of sp³-hybridized carbons (Fsp3) is 1.00. The van der Waals surface area contributed by atoms with Crippen LogP contribution in [0.5, 0.6) is 0 Å². The van der Waals surface area contributed by atoms with Gasteiger partial charge < -0.3 is 15.3 Å². The first kappa shape index (κ1) is 15.4. The van der Waals surface area contributed by atoms with Crippen molar-refractivity contribution in [2.75, 3.05) is 0 Å². The maximum absolute atomic E-state index is 10.5. The van der Waals surface area contributed by atoms with E-state index in [9.17, 15) is 15.3 Å². The van der Waals surface area contributed by atoms with E-state index in [1.54, 1.807) is 0 Å². The van der Waals surface area contributed by atoms with Crippen molar-refractivity contribution in [3.63, 3.8) is 0 Å². The first-order valence-electron chi connectivity index (χ1n) is 9.40. The molecular formula is C19H32O3. The van der Waals surface area contributed by atoms with E-state index in [1.807, 2.05) is 0 Å². The van der Waals surface area contributed by atoms with Gasteiger partial charge in [-0.2, -0.15) is 0 Å². The van der Waals surface area contributed by atoms with Crippen LogP contribution in [0.2, 0.25) is 0 Å². The molecule has 3 nitrogen and oxygen atoms in total. The summed E-state index contributed by atoms with van der Waals surface area (Å²) >= 11 is 0. The SMILES string of the molecule is C[C@]12CCC3C(CC[C@H]4C[C@@H](O)CC[C@]34C)C1C[C@@H](O)[C@H]2O. The highest BCUT2D eigenvalue weighted by Gasteiger charge is 2.61. The molecule has 0 aromatic heterocycles. The number of rotatable bonds is 0. The Kier molecular flexibility index (Phi) is 3.46. The molecule has 0 saturated heterocycles. The molecule has 0 aromatic rings. The standard InChI is InChI=1S/C19H32O3/c1-18-7-5-12(20)9-11(18)3-4-13-14(18)6-8-19(2)15(13)10-16(21)17(19)22/h11-17,20-22H,3-10H2,1-2H3/t11-,12-,13?,14?,15?,16+,17+,18-,19-/m0/s1. The fourth-order valence-electron chi connectivity index (χ4n) is 7.22. The quantitative estimate of drug-likeness (QED) is 0.645. The van der Waals surface area contributed by atoms with Crippen LogP contribution in [-0.2, 0) is 0 Å². The Labute approximate surface area is 134 Å². The Bertz CT molecular complexity index is 452. The second-order valence-electron chi connectivity index (χ2n) is 9.38. The van der Waals surface area contributed by atoms with Crippen molar-refractivity contribution in [2.24, 2.45) is 34.5 Å². The second-order valence-corrected chi connectivity index (χ2v) is 9.38. The summed E-state index contributed by atoms with van der Waals surface area (Å²) < 4.78 is 0. The predicted molar refractivity (Wildman–Crippen MR) is 85.1 cm³/mol. The largest absolute Gasteiger partial charge is 0.393 e. The molecule has 0 bridgehead atoms. The minimum Gasteiger partial charge on any atom is -0.393 e. The van der Waals surface area contributed by atoms with Gasteiger partial charge in [-0.3, -0.25) is 0 Å². The van der Waals surface area contributed by atoms with Crippen LogP contribution < -0.4 is 0 Å². The first-order chi connectivity index (χ1) is 10.4. The molecule has 4 aliphatic carbocycles. The number of hydrogen-bond donors (Lipinski definition) is 3. The van der Waals surface area contributed by atoms with Crippen LogP contribution in [0.1, 0.15) is 65.2 Å². The van der Waals surface area contributed by atoms with Gasteiger partial charge in [0.2, 0.25) is 0 Å². The monoisotopic (exact) mass is 308 g/mol. The minimum absolute atomic E-state index is 0.0715. The van der Waals surface area contributed by atoms with Gasteiger partial charge in [0.1, 0.15) is 0 Å². The van der Waals surface area contributed by atoms with Crippen LogP contribution in [0.25, 0.3) is 0 Å². The maximum Gasteiger partial charge on any atom is 0.0855 e. The van der Waals surface area contributed by atoms with Gasteiger partial charge in [0.05, 0.1) is 18.3 Å². The Morgan fingerprint density at radius 3 is 2.27 bits per heavy atom. The van der Waals surface area contributed by atoms with Crippen molar-refractivity contribution in [3.05, 3.63) is 0 Å². The van der Waals surface area contributed by atoms with E-state index in [1.165, 1.54) is 19.3 Å². The van der Waals surface area contributed by atoms with Crippen molar-refractivity contribution in [1.82, 2.24) is 0 Å². The summed E-state index contributed by atoms with van der Waals surface area (Å²) in [7, 11) is 0. The summed E-state index contributed by atoms with van der Waals surface area (Å²) in [6.45, 7) is 4.69. The van der Waals surface area contributed by atoms with E-state index < -0.39 is 12.2 Å². The fourth-order valence-corrected chi connectivity index (χ4v) is 7.22. The smallest absolute Gasteiger partial charge is 0.0855 e. The zero-order valence-electron chi connectivity index (χ0n) is 14.0. The normalized spacial score (nSPS) is 61.2. The van der Waals surface area contributed by atoms with Gasteiger partial charge in [-0.05, 0) is 85.9 Å². The molecule has 9 atom stereocenters. The molecule has 3 heteroatoms. The summed E-state index contributed by atoms with van der Waals surface area (Å²) in [4.78, 5) is 0. The molecule has 4 aliphatic rings. The Hall–Kier alpha value is -0.120. The molecule has 4 rings (SSSR count). The summed E-state index contributed by atoms with van der Waals surface area (Å²) in [6.07, 6.45) is 7.49. The molecular weight excluding hydrogens is 276 g/mol. The topological polar surface area (TPSA) is 60.7 Å². The van der Waals surface area contributed by atoms with Crippen LogP contribution in [-0.4, -0.2) is 33.6 Å². The summed E-state index contributed by atoms with van der Waals surface area (Å²) in [6, 6.07) is 0. The van der Waals surface area contributed by atoms with Crippen LogP contribution in [0.4, 0.5) is 0 Å². The molecule has 0 radical (unpaired) electrons. The van der Waals surface area contributed by atoms with E-state index >= 15 is 0 Å². The second kappa shape index (κ2) is 4.94. The lowest BCUT2D eigenvalue weighted by molar-refractivity contribution is -0.135. The highest BCUT2D eigenvalue weighted by atomic mass is 16.3. The van der Waals surface area contributed by atoms with Gasteiger partial charge in [0.25, 0.3) is 0 Å². The van der Waals surface area contributed by atoms with E-state index in [0.717, 1.165) is 38.0 Å². The summed E-state index contributed by atoms with van der Waals surface area (Å²) in [5, 5.41) is 30.8. The van der Waals surface area contributed by atoms with E-state index in [2.05, 4.69) is 13.8 Å². The Balaban J connectivity index is 1.63. The lowest BCUT2D eigenvalue weighted by atomic mass is 9.45. The molecule has 0 spiro atoms. The molecule has 4 fully saturated rings.